The Balaban J connectivity index is 2.16. The van der Waals surface area contributed by atoms with Gasteiger partial charge in [-0.2, -0.15) is 22.1 Å². The Hall–Kier alpha value is -1.28. The Kier molecular flexibility index (Phi) is 4.07. The summed E-state index contributed by atoms with van der Waals surface area (Å²) in [6, 6.07) is 2.66. The number of thioether (sulfide) groups is 1. The van der Waals surface area contributed by atoms with Gasteiger partial charge in [-0.25, -0.2) is 0 Å². The summed E-state index contributed by atoms with van der Waals surface area (Å²) in [6.07, 6.45) is 5.67. The van der Waals surface area contributed by atoms with Gasteiger partial charge >= 0.3 is 0 Å². The fraction of sp³-hybridized carbons (Fsp3) is 0.615. The van der Waals surface area contributed by atoms with Gasteiger partial charge in [0.2, 0.25) is 0 Å². The number of aryl methyl sites for hydroxylation is 1. The normalized spacial score (nSPS) is 22.8. The minimum atomic E-state index is 0.422. The molecule has 1 N–H and O–H groups in total. The molecule has 5 heteroatoms. The summed E-state index contributed by atoms with van der Waals surface area (Å²) in [4.78, 5) is 0. The van der Waals surface area contributed by atoms with Crippen molar-refractivity contribution in [3.05, 3.63) is 16.8 Å². The molecule has 1 heterocycles. The molecule has 18 heavy (non-hydrogen) atoms. The molecule has 0 aliphatic heterocycles. The zero-order chi connectivity index (χ0) is 13.1. The Morgan fingerprint density at radius 3 is 2.72 bits per heavy atom. The molecule has 0 aromatic carbocycles. The number of nitriles is 1. The summed E-state index contributed by atoms with van der Waals surface area (Å²) in [5.74, 6) is 0.646. The first kappa shape index (κ1) is 13.2. The van der Waals surface area contributed by atoms with Crippen molar-refractivity contribution in [1.29, 1.82) is 5.26 Å². The van der Waals surface area contributed by atoms with Crippen molar-refractivity contribution in [3.63, 3.8) is 0 Å². The van der Waals surface area contributed by atoms with Crippen molar-refractivity contribution in [1.82, 2.24) is 10.2 Å². The van der Waals surface area contributed by atoms with E-state index in [1.807, 2.05) is 25.6 Å². The molecule has 2 rings (SSSR count). The molecule has 1 saturated carbocycles. The second-order valence-electron chi connectivity index (χ2n) is 4.76. The molecule has 96 valence electrons. The van der Waals surface area contributed by atoms with Crippen molar-refractivity contribution in [3.8, 4) is 6.07 Å². The second-order valence-corrected chi connectivity index (χ2v) is 5.90. The third-order valence-corrected chi connectivity index (χ3v) is 4.72. The van der Waals surface area contributed by atoms with Crippen molar-refractivity contribution in [2.45, 2.75) is 44.4 Å². The zero-order valence-electron chi connectivity index (χ0n) is 11.0. The smallest absolute Gasteiger partial charge is 0.167 e. The standard InChI is InChI=1S/C13H18N4S/c1-8-9(2)16-17-13(12(8)7-14)15-10-4-5-11(6-10)18-3/h10-11H,4-6H2,1-3H3,(H,15,17). The first-order valence-corrected chi connectivity index (χ1v) is 7.47. The lowest BCUT2D eigenvalue weighted by atomic mass is 10.1. The number of nitrogens with zero attached hydrogens (tertiary/aromatic N) is 3. The van der Waals surface area contributed by atoms with E-state index < -0.39 is 0 Å². The number of aromatic nitrogens is 2. The molecule has 0 bridgehead atoms. The lowest BCUT2D eigenvalue weighted by Crippen LogP contribution is -2.19. The van der Waals surface area contributed by atoms with E-state index in [1.165, 1.54) is 6.42 Å². The third-order valence-electron chi connectivity index (χ3n) is 3.63. The van der Waals surface area contributed by atoms with Gasteiger partial charge in [0.25, 0.3) is 0 Å². The van der Waals surface area contributed by atoms with Crippen LogP contribution in [0.4, 0.5) is 5.82 Å². The Labute approximate surface area is 112 Å². The SMILES string of the molecule is CSC1CCC(Nc2nnc(C)c(C)c2C#N)C1. The van der Waals surface area contributed by atoms with E-state index in [2.05, 4.69) is 27.8 Å². The molecule has 0 spiro atoms. The second kappa shape index (κ2) is 5.57. The van der Waals surface area contributed by atoms with E-state index in [4.69, 9.17) is 0 Å². The minimum absolute atomic E-state index is 0.422. The summed E-state index contributed by atoms with van der Waals surface area (Å²) in [7, 11) is 0. The third kappa shape index (κ3) is 2.59. The van der Waals surface area contributed by atoms with Gasteiger partial charge in [-0.15, -0.1) is 5.10 Å². The fourth-order valence-electron chi connectivity index (χ4n) is 2.32. The zero-order valence-corrected chi connectivity index (χ0v) is 11.8. The predicted octanol–water partition coefficient (Wildman–Crippen LogP) is 2.66. The van der Waals surface area contributed by atoms with Crippen LogP contribution in [0.15, 0.2) is 0 Å². The van der Waals surface area contributed by atoms with Gasteiger partial charge in [-0.3, -0.25) is 0 Å². The van der Waals surface area contributed by atoms with Crippen LogP contribution in [0.2, 0.25) is 0 Å². The van der Waals surface area contributed by atoms with Gasteiger partial charge in [-0.1, -0.05) is 0 Å². The van der Waals surface area contributed by atoms with Crippen molar-refractivity contribution in [2.24, 2.45) is 0 Å². The lowest BCUT2D eigenvalue weighted by molar-refractivity contribution is 0.745. The maximum atomic E-state index is 9.23. The number of nitrogens with one attached hydrogen (secondary N) is 1. The molecular formula is C13H18N4S. The van der Waals surface area contributed by atoms with Gasteiger partial charge in [0.1, 0.15) is 11.6 Å². The molecule has 4 nitrogen and oxygen atoms in total. The highest BCUT2D eigenvalue weighted by atomic mass is 32.2. The summed E-state index contributed by atoms with van der Waals surface area (Å²) >= 11 is 1.92. The molecule has 0 saturated heterocycles. The van der Waals surface area contributed by atoms with E-state index in [0.717, 1.165) is 29.3 Å². The van der Waals surface area contributed by atoms with Gasteiger partial charge in [-0.05, 0) is 44.9 Å². The van der Waals surface area contributed by atoms with Gasteiger partial charge in [0.15, 0.2) is 5.82 Å². The molecule has 2 atom stereocenters. The maximum absolute atomic E-state index is 9.23. The van der Waals surface area contributed by atoms with Crippen LogP contribution in [0.3, 0.4) is 0 Å². The molecule has 1 aliphatic rings. The highest BCUT2D eigenvalue weighted by Gasteiger charge is 2.25. The first-order valence-electron chi connectivity index (χ1n) is 6.19. The number of hydrogen-bond donors (Lipinski definition) is 1. The monoisotopic (exact) mass is 262 g/mol. The molecule has 1 aromatic rings. The highest BCUT2D eigenvalue weighted by Crippen LogP contribution is 2.30. The van der Waals surface area contributed by atoms with Crippen molar-refractivity contribution >= 4 is 17.6 Å². The Bertz CT molecular complexity index is 481. The largest absolute Gasteiger partial charge is 0.365 e. The van der Waals surface area contributed by atoms with Crippen LogP contribution in [0, 0.1) is 25.2 Å². The summed E-state index contributed by atoms with van der Waals surface area (Å²) in [6.45, 7) is 3.80. The lowest BCUT2D eigenvalue weighted by Gasteiger charge is -2.15. The summed E-state index contributed by atoms with van der Waals surface area (Å²) in [5.41, 5.74) is 2.38. The van der Waals surface area contributed by atoms with E-state index in [0.29, 0.717) is 17.4 Å². The summed E-state index contributed by atoms with van der Waals surface area (Å²) in [5, 5.41) is 21.6. The van der Waals surface area contributed by atoms with E-state index in [-0.39, 0.29) is 0 Å². The van der Waals surface area contributed by atoms with Crippen molar-refractivity contribution < 1.29 is 0 Å². The van der Waals surface area contributed by atoms with Gasteiger partial charge in [0, 0.05) is 11.3 Å². The quantitative estimate of drug-likeness (QED) is 0.907. The summed E-state index contributed by atoms with van der Waals surface area (Å²) < 4.78 is 0. The van der Waals surface area contributed by atoms with Crippen LogP contribution in [0.25, 0.3) is 0 Å². The van der Waals surface area contributed by atoms with Crippen LogP contribution in [0.5, 0.6) is 0 Å². The fourth-order valence-corrected chi connectivity index (χ4v) is 3.12. The van der Waals surface area contributed by atoms with Gasteiger partial charge in [0.05, 0.1) is 5.69 Å². The molecular weight excluding hydrogens is 244 g/mol. The van der Waals surface area contributed by atoms with Gasteiger partial charge < -0.3 is 5.32 Å². The van der Waals surface area contributed by atoms with Crippen LogP contribution < -0.4 is 5.32 Å². The Morgan fingerprint density at radius 1 is 1.33 bits per heavy atom. The Morgan fingerprint density at radius 2 is 2.11 bits per heavy atom. The topological polar surface area (TPSA) is 61.6 Å². The average molecular weight is 262 g/mol. The van der Waals surface area contributed by atoms with Crippen LogP contribution in [0.1, 0.15) is 36.1 Å². The van der Waals surface area contributed by atoms with E-state index in [1.54, 1.807) is 0 Å². The molecule has 1 aliphatic carbocycles. The van der Waals surface area contributed by atoms with Crippen LogP contribution in [-0.2, 0) is 0 Å². The first-order chi connectivity index (χ1) is 8.65. The van der Waals surface area contributed by atoms with Crippen molar-refractivity contribution in [2.75, 3.05) is 11.6 Å². The molecule has 0 amide bonds. The minimum Gasteiger partial charge on any atom is -0.365 e. The number of rotatable bonds is 3. The van der Waals surface area contributed by atoms with E-state index in [9.17, 15) is 5.26 Å². The molecule has 0 radical (unpaired) electrons. The predicted molar refractivity (Wildman–Crippen MR) is 74.8 cm³/mol. The van der Waals surface area contributed by atoms with Crippen LogP contribution in [-0.4, -0.2) is 27.7 Å². The molecule has 1 aromatic heterocycles. The van der Waals surface area contributed by atoms with E-state index >= 15 is 0 Å². The van der Waals surface area contributed by atoms with Crippen LogP contribution >= 0.6 is 11.8 Å². The highest BCUT2D eigenvalue weighted by molar-refractivity contribution is 7.99. The average Bonchev–Trinajstić information content (AvgIpc) is 2.82. The molecule has 2 unspecified atom stereocenters. The maximum Gasteiger partial charge on any atom is 0.167 e. The molecule has 1 fully saturated rings. The number of anilines is 1. The number of hydrogen-bond acceptors (Lipinski definition) is 5.